The topological polar surface area (TPSA) is 68.3 Å². The van der Waals surface area contributed by atoms with Gasteiger partial charge in [-0.2, -0.15) is 0 Å². The summed E-state index contributed by atoms with van der Waals surface area (Å²) in [6, 6.07) is 13.6. The van der Waals surface area contributed by atoms with Gasteiger partial charge in [-0.3, -0.25) is 4.79 Å². The van der Waals surface area contributed by atoms with Crippen LogP contribution in [-0.4, -0.2) is 66.3 Å². The molecule has 1 spiro atoms. The zero-order valence-electron chi connectivity index (χ0n) is 22.8. The fourth-order valence-corrected chi connectivity index (χ4v) is 4.89. The Morgan fingerprint density at radius 2 is 1.68 bits per heavy atom. The Balaban J connectivity index is 1.65. The van der Waals surface area contributed by atoms with Gasteiger partial charge < -0.3 is 24.0 Å². The molecule has 2 aliphatic rings. The van der Waals surface area contributed by atoms with E-state index < -0.39 is 11.2 Å². The Kier molecular flexibility index (Phi) is 7.53. The summed E-state index contributed by atoms with van der Waals surface area (Å²) in [5, 5.41) is 0. The molecule has 37 heavy (non-hydrogen) atoms. The smallest absolute Gasteiger partial charge is 0.410 e. The molecule has 0 bridgehead atoms. The number of likely N-dealkylation sites (tertiary alicyclic amines) is 1. The first kappa shape index (κ1) is 26.6. The normalized spacial score (nSPS) is 16.4. The summed E-state index contributed by atoms with van der Waals surface area (Å²) in [6.07, 6.45) is 3.20. The predicted octanol–water partition coefficient (Wildman–Crippen LogP) is 5.77. The molecule has 198 valence electrons. The Bertz CT molecular complexity index is 1170. The van der Waals surface area contributed by atoms with E-state index in [0.29, 0.717) is 44.6 Å². The molecule has 2 amide bonds. The van der Waals surface area contributed by atoms with Gasteiger partial charge in [-0.05, 0) is 82.2 Å². The van der Waals surface area contributed by atoms with E-state index in [-0.39, 0.29) is 12.0 Å². The van der Waals surface area contributed by atoms with Gasteiger partial charge in [0.25, 0.3) is 5.91 Å². The summed E-state index contributed by atoms with van der Waals surface area (Å²) in [5.41, 5.74) is 2.59. The summed E-state index contributed by atoms with van der Waals surface area (Å²) in [6.45, 7) is 12.0. The fraction of sp³-hybridized carbons (Fsp3) is 0.467. The largest absolute Gasteiger partial charge is 0.497 e. The van der Waals surface area contributed by atoms with Crippen LogP contribution in [0, 0.1) is 0 Å². The van der Waals surface area contributed by atoms with Crippen LogP contribution in [0.4, 0.5) is 4.79 Å². The van der Waals surface area contributed by atoms with Crippen molar-refractivity contribution in [3.05, 3.63) is 65.2 Å². The fourth-order valence-electron chi connectivity index (χ4n) is 4.89. The average molecular weight is 507 g/mol. The van der Waals surface area contributed by atoms with E-state index in [9.17, 15) is 9.59 Å². The maximum Gasteiger partial charge on any atom is 0.410 e. The van der Waals surface area contributed by atoms with E-state index in [4.69, 9.17) is 14.2 Å². The van der Waals surface area contributed by atoms with E-state index in [1.165, 1.54) is 0 Å². The van der Waals surface area contributed by atoms with Crippen LogP contribution in [0.3, 0.4) is 0 Å². The summed E-state index contributed by atoms with van der Waals surface area (Å²) in [7, 11) is 1.65. The van der Waals surface area contributed by atoms with Gasteiger partial charge in [0.15, 0.2) is 0 Å². The van der Waals surface area contributed by atoms with Crippen molar-refractivity contribution in [2.75, 3.05) is 33.3 Å². The Hall–Kier alpha value is -3.48. The number of piperidine rings is 1. The number of fused-ring (bicyclic) bond motifs is 1. The van der Waals surface area contributed by atoms with Crippen LogP contribution >= 0.6 is 0 Å². The summed E-state index contributed by atoms with van der Waals surface area (Å²) in [5.74, 6) is 1.56. The highest BCUT2D eigenvalue weighted by Crippen LogP contribution is 2.44. The van der Waals surface area contributed by atoms with E-state index in [2.05, 4.69) is 6.08 Å². The van der Waals surface area contributed by atoms with Crippen molar-refractivity contribution < 1.29 is 23.8 Å². The molecule has 0 atom stereocenters. The van der Waals surface area contributed by atoms with Gasteiger partial charge >= 0.3 is 6.09 Å². The lowest BCUT2D eigenvalue weighted by Gasteiger charge is -2.43. The third kappa shape index (κ3) is 5.76. The lowest BCUT2D eigenvalue weighted by molar-refractivity contribution is -0.00119. The Morgan fingerprint density at radius 1 is 1.03 bits per heavy atom. The number of rotatable bonds is 5. The molecule has 2 aromatic rings. The number of ether oxygens (including phenoxy) is 3. The van der Waals surface area contributed by atoms with Crippen molar-refractivity contribution in [1.29, 1.82) is 0 Å². The predicted molar refractivity (Wildman–Crippen MR) is 144 cm³/mol. The molecule has 1 fully saturated rings. The minimum atomic E-state index is -0.537. The van der Waals surface area contributed by atoms with E-state index in [1.54, 1.807) is 12.0 Å². The minimum absolute atomic E-state index is 0.0329. The van der Waals surface area contributed by atoms with Crippen molar-refractivity contribution in [1.82, 2.24) is 9.80 Å². The number of nitrogens with zero attached hydrogens (tertiary/aromatic N) is 2. The number of hydrogen-bond donors (Lipinski definition) is 0. The molecule has 0 radical (unpaired) electrons. The molecular weight excluding hydrogens is 468 g/mol. The first-order valence-corrected chi connectivity index (χ1v) is 13.1. The van der Waals surface area contributed by atoms with Crippen LogP contribution in [0.25, 0.3) is 5.57 Å². The molecular formula is C30H38N2O5. The second kappa shape index (κ2) is 10.5. The van der Waals surface area contributed by atoms with Crippen molar-refractivity contribution in [3.63, 3.8) is 0 Å². The second-order valence-electron chi connectivity index (χ2n) is 10.6. The van der Waals surface area contributed by atoms with Gasteiger partial charge in [0, 0.05) is 50.1 Å². The van der Waals surface area contributed by atoms with Crippen molar-refractivity contribution >= 4 is 17.6 Å². The molecule has 0 aliphatic carbocycles. The zero-order chi connectivity index (χ0) is 26.8. The van der Waals surface area contributed by atoms with Crippen LogP contribution in [0.2, 0.25) is 0 Å². The quantitative estimate of drug-likeness (QED) is 0.515. The van der Waals surface area contributed by atoms with E-state index in [1.807, 2.05) is 82.0 Å². The van der Waals surface area contributed by atoms with Gasteiger partial charge in [0.2, 0.25) is 0 Å². The first-order chi connectivity index (χ1) is 17.6. The lowest BCUT2D eigenvalue weighted by Crippen LogP contribution is -2.50. The molecule has 0 saturated carbocycles. The van der Waals surface area contributed by atoms with E-state index >= 15 is 0 Å². The summed E-state index contributed by atoms with van der Waals surface area (Å²) < 4.78 is 17.7. The SMILES string of the molecule is CCN(CC)C(=O)c1ccc(C2=CC3(CCN(C(=O)OC(C)(C)C)CC3)Oc3ccc(OC)cc32)cc1. The standard InChI is InChI=1S/C30H38N2O5/c1-7-31(8-2)27(33)22-11-9-21(10-12-22)25-20-30(36-26-14-13-23(35-6)19-24(25)26)15-17-32(18-16-30)28(34)37-29(3,4)5/h9-14,19-20H,7-8,15-18H2,1-6H3. The van der Waals surface area contributed by atoms with Crippen molar-refractivity contribution in [2.24, 2.45) is 0 Å². The van der Waals surface area contributed by atoms with Gasteiger partial charge in [-0.25, -0.2) is 4.79 Å². The number of hydrogen-bond acceptors (Lipinski definition) is 5. The molecule has 2 aliphatic heterocycles. The molecule has 1 saturated heterocycles. The molecule has 7 nitrogen and oxygen atoms in total. The zero-order valence-corrected chi connectivity index (χ0v) is 22.8. The molecule has 7 heteroatoms. The van der Waals surface area contributed by atoms with Crippen molar-refractivity contribution in [3.8, 4) is 11.5 Å². The van der Waals surface area contributed by atoms with Crippen LogP contribution in [0.15, 0.2) is 48.5 Å². The molecule has 2 heterocycles. The van der Waals surface area contributed by atoms with Gasteiger partial charge in [-0.1, -0.05) is 12.1 Å². The lowest BCUT2D eigenvalue weighted by atomic mass is 9.82. The summed E-state index contributed by atoms with van der Waals surface area (Å²) >= 11 is 0. The highest BCUT2D eigenvalue weighted by atomic mass is 16.6. The third-order valence-corrected chi connectivity index (χ3v) is 6.95. The minimum Gasteiger partial charge on any atom is -0.497 e. The van der Waals surface area contributed by atoms with E-state index in [0.717, 1.165) is 28.2 Å². The molecule has 0 N–H and O–H groups in total. The average Bonchev–Trinajstić information content (AvgIpc) is 2.88. The molecule has 4 rings (SSSR count). The first-order valence-electron chi connectivity index (χ1n) is 13.1. The van der Waals surface area contributed by atoms with Crippen molar-refractivity contribution in [2.45, 2.75) is 58.7 Å². The van der Waals surface area contributed by atoms with Gasteiger partial charge in [0.1, 0.15) is 22.7 Å². The second-order valence-corrected chi connectivity index (χ2v) is 10.6. The van der Waals surface area contributed by atoms with Crippen LogP contribution in [0.1, 0.15) is 68.9 Å². The molecule has 2 aromatic carbocycles. The monoisotopic (exact) mass is 506 g/mol. The highest BCUT2D eigenvalue weighted by Gasteiger charge is 2.41. The maximum absolute atomic E-state index is 12.8. The van der Waals surface area contributed by atoms with Gasteiger partial charge in [0.05, 0.1) is 7.11 Å². The number of amides is 2. The summed E-state index contributed by atoms with van der Waals surface area (Å²) in [4.78, 5) is 29.0. The highest BCUT2D eigenvalue weighted by molar-refractivity contribution is 5.95. The molecule has 0 aromatic heterocycles. The third-order valence-electron chi connectivity index (χ3n) is 6.95. The van der Waals surface area contributed by atoms with Gasteiger partial charge in [-0.15, -0.1) is 0 Å². The van der Waals surface area contributed by atoms with Crippen LogP contribution in [-0.2, 0) is 4.74 Å². The van der Waals surface area contributed by atoms with Crippen LogP contribution < -0.4 is 9.47 Å². The molecule has 0 unspecified atom stereocenters. The maximum atomic E-state index is 12.8. The number of carbonyl (C=O) groups is 2. The number of methoxy groups -OCH3 is 1. The Morgan fingerprint density at radius 3 is 2.24 bits per heavy atom. The number of benzene rings is 2. The number of carbonyl (C=O) groups excluding carboxylic acids is 2. The van der Waals surface area contributed by atoms with Crippen LogP contribution in [0.5, 0.6) is 11.5 Å². The Labute approximate surface area is 220 Å².